The largest absolute Gasteiger partial charge is 0.332 e. The van der Waals surface area contributed by atoms with Crippen molar-refractivity contribution in [3.63, 3.8) is 0 Å². The Balaban J connectivity index is 2.01. The van der Waals surface area contributed by atoms with Crippen LogP contribution in [0.4, 0.5) is 11.4 Å². The lowest BCUT2D eigenvalue weighted by molar-refractivity contribution is -0.119. The second kappa shape index (κ2) is 9.46. The van der Waals surface area contributed by atoms with Gasteiger partial charge < -0.3 is 16.0 Å². The predicted molar refractivity (Wildman–Crippen MR) is 119 cm³/mol. The molecule has 2 amide bonds. The third-order valence-electron chi connectivity index (χ3n) is 4.12. The van der Waals surface area contributed by atoms with Crippen LogP contribution in [0.2, 0.25) is 0 Å². The number of rotatable bonds is 5. The average molecular weight is 398 g/mol. The average Bonchev–Trinajstić information content (AvgIpc) is 2.61. The second-order valence-corrected chi connectivity index (χ2v) is 8.02. The van der Waals surface area contributed by atoms with E-state index in [9.17, 15) is 9.59 Å². The number of hydrogen-bond donors (Lipinski definition) is 3. The molecule has 0 aliphatic heterocycles. The van der Waals surface area contributed by atoms with E-state index in [0.717, 1.165) is 6.42 Å². The zero-order valence-corrected chi connectivity index (χ0v) is 17.6. The van der Waals surface area contributed by atoms with Gasteiger partial charge in [-0.05, 0) is 59.9 Å². The first kappa shape index (κ1) is 21.6. The predicted octanol–water partition coefficient (Wildman–Crippen LogP) is 4.85. The molecule has 0 bridgehead atoms. The van der Waals surface area contributed by atoms with Crippen molar-refractivity contribution in [2.75, 3.05) is 10.6 Å². The number of nitrogens with one attached hydrogen (secondary N) is 3. The zero-order valence-electron chi connectivity index (χ0n) is 16.8. The number of thiocarbonyl (C=S) groups is 1. The highest BCUT2D eigenvalue weighted by Gasteiger charge is 2.14. The number of carbonyl (C=O) groups is 2. The van der Waals surface area contributed by atoms with Crippen molar-refractivity contribution in [2.24, 2.45) is 0 Å². The summed E-state index contributed by atoms with van der Waals surface area (Å²) in [6.07, 6.45) is 1.18. The van der Waals surface area contributed by atoms with Crippen molar-refractivity contribution in [1.29, 1.82) is 0 Å². The molecule has 0 aliphatic carbocycles. The summed E-state index contributed by atoms with van der Waals surface area (Å²) in [5.41, 5.74) is 3.13. The lowest BCUT2D eigenvalue weighted by Gasteiger charge is -2.19. The van der Waals surface area contributed by atoms with Crippen LogP contribution in [0, 0.1) is 0 Å². The van der Waals surface area contributed by atoms with Crippen LogP contribution in [-0.4, -0.2) is 16.9 Å². The Labute approximate surface area is 171 Å². The fourth-order valence-electron chi connectivity index (χ4n) is 2.58. The second-order valence-electron chi connectivity index (χ2n) is 7.61. The van der Waals surface area contributed by atoms with Gasteiger partial charge in [-0.2, -0.15) is 0 Å². The van der Waals surface area contributed by atoms with Gasteiger partial charge in [-0.3, -0.25) is 9.59 Å². The van der Waals surface area contributed by atoms with E-state index in [2.05, 4.69) is 36.7 Å². The smallest absolute Gasteiger partial charge is 0.255 e. The van der Waals surface area contributed by atoms with Gasteiger partial charge in [0.05, 0.1) is 0 Å². The molecular formula is C22H27N3O2S. The van der Waals surface area contributed by atoms with Crippen molar-refractivity contribution in [3.05, 3.63) is 59.7 Å². The molecule has 0 fully saturated rings. The summed E-state index contributed by atoms with van der Waals surface area (Å²) in [6, 6.07) is 14.8. The molecule has 0 aliphatic rings. The maximum absolute atomic E-state index is 12.5. The highest BCUT2D eigenvalue weighted by Crippen LogP contribution is 2.22. The van der Waals surface area contributed by atoms with Gasteiger partial charge in [0.2, 0.25) is 5.91 Å². The molecule has 0 spiro atoms. The summed E-state index contributed by atoms with van der Waals surface area (Å²) < 4.78 is 0. The summed E-state index contributed by atoms with van der Waals surface area (Å²) in [6.45, 7) is 8.33. The Morgan fingerprint density at radius 3 is 2.14 bits per heavy atom. The van der Waals surface area contributed by atoms with Crippen LogP contribution in [0.25, 0.3) is 0 Å². The number of carbonyl (C=O) groups excluding carboxylic acids is 2. The summed E-state index contributed by atoms with van der Waals surface area (Å²) in [5.74, 6) is -0.306. The minimum Gasteiger partial charge on any atom is -0.332 e. The van der Waals surface area contributed by atoms with Crippen LogP contribution in [-0.2, 0) is 10.2 Å². The zero-order chi connectivity index (χ0) is 20.7. The van der Waals surface area contributed by atoms with Crippen molar-refractivity contribution >= 4 is 40.5 Å². The van der Waals surface area contributed by atoms with Gasteiger partial charge >= 0.3 is 0 Å². The van der Waals surface area contributed by atoms with E-state index in [0.29, 0.717) is 23.4 Å². The Hall–Kier alpha value is -2.73. The first-order valence-corrected chi connectivity index (χ1v) is 9.72. The fraction of sp³-hybridized carbons (Fsp3) is 0.318. The molecule has 0 unspecified atom stereocenters. The molecule has 2 aromatic carbocycles. The van der Waals surface area contributed by atoms with E-state index < -0.39 is 0 Å². The summed E-state index contributed by atoms with van der Waals surface area (Å²) in [4.78, 5) is 24.1. The normalized spacial score (nSPS) is 10.9. The summed E-state index contributed by atoms with van der Waals surface area (Å²) in [7, 11) is 0. The number of anilines is 2. The van der Waals surface area contributed by atoms with Gasteiger partial charge in [0.15, 0.2) is 5.11 Å². The van der Waals surface area contributed by atoms with Crippen LogP contribution in [0.15, 0.2) is 48.5 Å². The van der Waals surface area contributed by atoms with Gasteiger partial charge in [-0.15, -0.1) is 0 Å². The summed E-state index contributed by atoms with van der Waals surface area (Å²) in [5, 5.41) is 8.70. The maximum Gasteiger partial charge on any atom is 0.255 e. The lowest BCUT2D eigenvalue weighted by atomic mass is 9.87. The lowest BCUT2D eigenvalue weighted by Crippen LogP contribution is -2.33. The standard InChI is InChI=1S/C22H27N3O2S/c1-5-7-19(26)25-21(28)24-18-9-6-8-17(14-18)23-20(27)15-10-12-16(13-11-15)22(2,3)4/h6,8-14H,5,7H2,1-4H3,(H,23,27)(H2,24,25,26,28). The Kier molecular flexibility index (Phi) is 7.29. The third kappa shape index (κ3) is 6.46. The Morgan fingerprint density at radius 1 is 0.964 bits per heavy atom. The molecule has 0 saturated carbocycles. The minimum atomic E-state index is -0.184. The quantitative estimate of drug-likeness (QED) is 0.631. The van der Waals surface area contributed by atoms with Crippen molar-refractivity contribution in [1.82, 2.24) is 5.32 Å². The van der Waals surface area contributed by atoms with E-state index in [1.165, 1.54) is 5.56 Å². The summed E-state index contributed by atoms with van der Waals surface area (Å²) >= 11 is 5.15. The molecule has 5 nitrogen and oxygen atoms in total. The molecule has 6 heteroatoms. The Morgan fingerprint density at radius 2 is 1.57 bits per heavy atom. The van der Waals surface area contributed by atoms with E-state index in [4.69, 9.17) is 12.2 Å². The molecule has 2 aromatic rings. The van der Waals surface area contributed by atoms with Crippen molar-refractivity contribution < 1.29 is 9.59 Å². The van der Waals surface area contributed by atoms with Gasteiger partial charge in [-0.25, -0.2) is 0 Å². The van der Waals surface area contributed by atoms with Crippen LogP contribution in [0.5, 0.6) is 0 Å². The molecule has 0 saturated heterocycles. The maximum atomic E-state index is 12.5. The molecular weight excluding hydrogens is 370 g/mol. The van der Waals surface area contributed by atoms with E-state index in [1.807, 2.05) is 37.3 Å². The SMILES string of the molecule is CCCC(=O)NC(=S)Nc1cccc(NC(=O)c2ccc(C(C)(C)C)cc2)c1. The highest BCUT2D eigenvalue weighted by molar-refractivity contribution is 7.80. The highest BCUT2D eigenvalue weighted by atomic mass is 32.1. The molecule has 148 valence electrons. The molecule has 2 rings (SSSR count). The molecule has 3 N–H and O–H groups in total. The molecule has 0 heterocycles. The van der Waals surface area contributed by atoms with Gasteiger partial charge in [0.1, 0.15) is 0 Å². The molecule has 0 aromatic heterocycles. The molecule has 28 heavy (non-hydrogen) atoms. The van der Waals surface area contributed by atoms with Crippen molar-refractivity contribution in [3.8, 4) is 0 Å². The fourth-order valence-corrected chi connectivity index (χ4v) is 2.81. The molecule has 0 atom stereocenters. The van der Waals surface area contributed by atoms with Crippen LogP contribution < -0.4 is 16.0 Å². The topological polar surface area (TPSA) is 70.2 Å². The first-order chi connectivity index (χ1) is 13.2. The Bertz CT molecular complexity index is 855. The van der Waals surface area contributed by atoms with Gasteiger partial charge in [0, 0.05) is 23.4 Å². The van der Waals surface area contributed by atoms with Crippen LogP contribution >= 0.6 is 12.2 Å². The monoisotopic (exact) mass is 397 g/mol. The van der Waals surface area contributed by atoms with Crippen LogP contribution in [0.3, 0.4) is 0 Å². The number of hydrogen-bond acceptors (Lipinski definition) is 3. The first-order valence-electron chi connectivity index (χ1n) is 9.32. The number of benzene rings is 2. The van der Waals surface area contributed by atoms with E-state index in [-0.39, 0.29) is 22.3 Å². The van der Waals surface area contributed by atoms with Gasteiger partial charge in [0.25, 0.3) is 5.91 Å². The number of amides is 2. The van der Waals surface area contributed by atoms with E-state index >= 15 is 0 Å². The van der Waals surface area contributed by atoms with Gasteiger partial charge in [-0.1, -0.05) is 45.9 Å². The third-order valence-corrected chi connectivity index (χ3v) is 4.33. The van der Waals surface area contributed by atoms with Crippen molar-refractivity contribution in [2.45, 2.75) is 46.0 Å². The molecule has 0 radical (unpaired) electrons. The van der Waals surface area contributed by atoms with Crippen LogP contribution in [0.1, 0.15) is 56.5 Å². The minimum absolute atomic E-state index is 0.0416. The van der Waals surface area contributed by atoms with E-state index in [1.54, 1.807) is 18.2 Å².